The minimum absolute atomic E-state index is 0.0272. The molecule has 1 amide bonds. The molecule has 308 valence electrons. The molecule has 0 spiro atoms. The Hall–Kier alpha value is -5.50. The molecule has 0 N–H and O–H groups in total. The summed E-state index contributed by atoms with van der Waals surface area (Å²) in [7, 11) is 0. The van der Waals surface area contributed by atoms with Crippen LogP contribution in [0, 0.1) is 11.1 Å². The van der Waals surface area contributed by atoms with Gasteiger partial charge in [0.1, 0.15) is 22.3 Å². The van der Waals surface area contributed by atoms with Gasteiger partial charge in [-0.1, -0.05) is 72.6 Å². The van der Waals surface area contributed by atoms with Crippen LogP contribution >= 0.6 is 23.2 Å². The van der Waals surface area contributed by atoms with Crippen molar-refractivity contribution in [1.29, 1.82) is 0 Å². The van der Waals surface area contributed by atoms with E-state index in [1.807, 2.05) is 43.3 Å². The van der Waals surface area contributed by atoms with Crippen LogP contribution in [0.4, 0.5) is 19.3 Å². The molecule has 0 unspecified atom stereocenters. The Morgan fingerprint density at radius 3 is 2.39 bits per heavy atom. The number of alkyl halides is 2. The van der Waals surface area contributed by atoms with Crippen molar-refractivity contribution < 1.29 is 42.0 Å². The van der Waals surface area contributed by atoms with Crippen molar-refractivity contribution in [2.45, 2.75) is 58.0 Å². The summed E-state index contributed by atoms with van der Waals surface area (Å²) in [5.74, 6) is -0.567. The number of rotatable bonds is 15. The third kappa shape index (κ3) is 10.2. The topological polar surface area (TPSA) is 117 Å². The van der Waals surface area contributed by atoms with Gasteiger partial charge < -0.3 is 24.2 Å². The van der Waals surface area contributed by atoms with Crippen LogP contribution in [0.25, 0.3) is 11.1 Å². The Labute approximate surface area is 350 Å². The van der Waals surface area contributed by atoms with Gasteiger partial charge in [0.25, 0.3) is 0 Å². The van der Waals surface area contributed by atoms with Crippen LogP contribution in [-0.2, 0) is 22.4 Å². The highest BCUT2D eigenvalue weighted by Crippen LogP contribution is 2.38. The summed E-state index contributed by atoms with van der Waals surface area (Å²) in [5, 5.41) is 12.1. The zero-order valence-corrected chi connectivity index (χ0v) is 33.7. The average Bonchev–Trinajstić information content (AvgIpc) is 3.24. The number of hydrogen-bond donors (Lipinski definition) is 0. The van der Waals surface area contributed by atoms with Crippen LogP contribution in [0.3, 0.4) is 0 Å². The maximum Gasteiger partial charge on any atom is 0.414 e. The maximum atomic E-state index is 14.2. The van der Waals surface area contributed by atoms with Crippen molar-refractivity contribution in [2.24, 2.45) is 5.92 Å². The fourth-order valence-electron chi connectivity index (χ4n) is 7.47. The number of ether oxygens (including phenoxy) is 4. The fraction of sp³-hybridized carbons (Fsp3) is 0.318. The lowest BCUT2D eigenvalue weighted by Gasteiger charge is -2.44. The molecule has 0 radical (unpaired) electrons. The van der Waals surface area contributed by atoms with Gasteiger partial charge in [-0.05, 0) is 85.8 Å². The molecule has 2 atom stereocenters. The third-order valence-electron chi connectivity index (χ3n) is 10.5. The van der Waals surface area contributed by atoms with Crippen molar-refractivity contribution in [2.75, 3.05) is 31.1 Å². The van der Waals surface area contributed by atoms with Gasteiger partial charge in [0, 0.05) is 42.0 Å². The van der Waals surface area contributed by atoms with E-state index in [9.17, 15) is 23.6 Å². The van der Waals surface area contributed by atoms with E-state index < -0.39 is 24.8 Å². The largest absolute Gasteiger partial charge is 0.619 e. The zero-order chi connectivity index (χ0) is 41.5. The quantitative estimate of drug-likeness (QED) is 0.0577. The van der Waals surface area contributed by atoms with Gasteiger partial charge >= 0.3 is 18.7 Å². The van der Waals surface area contributed by atoms with E-state index in [4.69, 9.17) is 37.4 Å². The van der Waals surface area contributed by atoms with Crippen LogP contribution in [-0.4, -0.2) is 60.9 Å². The molecule has 3 saturated heterocycles. The first kappa shape index (κ1) is 41.7. The summed E-state index contributed by atoms with van der Waals surface area (Å²) >= 11 is 12.9. The lowest BCUT2D eigenvalue weighted by Crippen LogP contribution is -2.53. The Morgan fingerprint density at radius 2 is 1.73 bits per heavy atom. The summed E-state index contributed by atoms with van der Waals surface area (Å²) in [6.07, 6.45) is 6.42. The number of para-hydroxylation sites is 1. The zero-order valence-electron chi connectivity index (χ0n) is 32.1. The first-order valence-corrected chi connectivity index (χ1v) is 20.1. The number of amides is 1. The first-order valence-electron chi connectivity index (χ1n) is 19.3. The van der Waals surface area contributed by atoms with E-state index in [1.54, 1.807) is 41.6 Å². The second-order valence-corrected chi connectivity index (χ2v) is 15.2. The highest BCUT2D eigenvalue weighted by molar-refractivity contribution is 6.35. The normalized spacial score (nSPS) is 17.6. The highest BCUT2D eigenvalue weighted by atomic mass is 35.5. The monoisotopic (exact) mass is 846 g/mol. The van der Waals surface area contributed by atoms with Crippen LogP contribution in [0.2, 0.25) is 10.0 Å². The van der Waals surface area contributed by atoms with Crippen molar-refractivity contribution >= 4 is 41.0 Å². The number of pyridine rings is 2. The maximum absolute atomic E-state index is 14.2. The van der Waals surface area contributed by atoms with Crippen molar-refractivity contribution in [3.63, 3.8) is 0 Å². The van der Waals surface area contributed by atoms with Gasteiger partial charge in [0.15, 0.2) is 23.9 Å². The number of nitrogens with zero attached hydrogens (tertiary/aromatic N) is 4. The van der Waals surface area contributed by atoms with Gasteiger partial charge in [0.05, 0.1) is 24.4 Å². The van der Waals surface area contributed by atoms with Crippen molar-refractivity contribution in [3.05, 3.63) is 141 Å². The molecule has 3 fully saturated rings. The Morgan fingerprint density at radius 1 is 0.983 bits per heavy atom. The number of aromatic nitrogens is 2. The number of esters is 1. The molecular formula is C44H42Cl2F2N4O7. The molecule has 0 aliphatic carbocycles. The van der Waals surface area contributed by atoms with Crippen LogP contribution in [0.15, 0.2) is 104 Å². The van der Waals surface area contributed by atoms with E-state index in [-0.39, 0.29) is 52.8 Å². The summed E-state index contributed by atoms with van der Waals surface area (Å²) in [6.45, 7) is 1.83. The van der Waals surface area contributed by atoms with Crippen LogP contribution < -0.4 is 19.1 Å². The standard InChI is InChI=1S/C44H42Cl2F2N4O7/c1-2-20-56-40-21-31(13-14-38(40)58-43(47)48)39(22-34-35(45)25-51(55)26-36(34)46)57-42(53)30-11-9-28(10-12-30)24-52(44(54)59-41-27-50-18-15-29(41)16-19-50)37-8-4-3-7-33(37)32-6-5-17-49-23-32/h3-14,17,21,23,25-26,29,39,41,43H,2,15-16,18-20,22,24,27H2,1H3/t39-,41-/m0/s1. The molecule has 5 heterocycles. The van der Waals surface area contributed by atoms with Gasteiger partial charge in [-0.25, -0.2) is 9.59 Å². The number of piperidine rings is 3. The molecule has 8 rings (SSSR count). The second-order valence-electron chi connectivity index (χ2n) is 14.4. The molecule has 3 aliphatic rings. The molecular weight excluding hydrogens is 805 g/mol. The molecule has 5 aromatic rings. The number of carbonyl (C=O) groups excluding carboxylic acids is 2. The van der Waals surface area contributed by atoms with E-state index in [2.05, 4.69) is 14.6 Å². The van der Waals surface area contributed by atoms with E-state index >= 15 is 0 Å². The minimum atomic E-state index is -3.10. The van der Waals surface area contributed by atoms with Crippen molar-refractivity contribution in [3.8, 4) is 22.6 Å². The highest BCUT2D eigenvalue weighted by Gasteiger charge is 2.38. The average molecular weight is 848 g/mol. The Bertz CT molecular complexity index is 2220. The van der Waals surface area contributed by atoms with Crippen LogP contribution in [0.1, 0.15) is 59.3 Å². The molecule has 2 bridgehead atoms. The summed E-state index contributed by atoms with van der Waals surface area (Å²) in [4.78, 5) is 36.3. The number of carbonyl (C=O) groups is 2. The second kappa shape index (κ2) is 19.0. The third-order valence-corrected chi connectivity index (χ3v) is 11.1. The lowest BCUT2D eigenvalue weighted by molar-refractivity contribution is -0.605. The number of hydrogen-bond acceptors (Lipinski definition) is 9. The van der Waals surface area contributed by atoms with Gasteiger partial charge in [-0.15, -0.1) is 0 Å². The van der Waals surface area contributed by atoms with Gasteiger partial charge in [0.2, 0.25) is 0 Å². The number of anilines is 1. The van der Waals surface area contributed by atoms with Gasteiger partial charge in [-0.3, -0.25) is 14.8 Å². The molecule has 3 aromatic carbocycles. The molecule has 15 heteroatoms. The summed E-state index contributed by atoms with van der Waals surface area (Å²) < 4.78 is 49.7. The summed E-state index contributed by atoms with van der Waals surface area (Å²) in [6, 6.07) is 22.2. The molecule has 2 aromatic heterocycles. The molecule has 3 aliphatic heterocycles. The van der Waals surface area contributed by atoms with Crippen LogP contribution in [0.5, 0.6) is 11.5 Å². The lowest BCUT2D eigenvalue weighted by atomic mass is 9.86. The Kier molecular flexibility index (Phi) is 13.4. The first-order chi connectivity index (χ1) is 28.6. The number of fused-ring (bicyclic) bond motifs is 3. The molecule has 59 heavy (non-hydrogen) atoms. The Balaban J connectivity index is 1.16. The molecule has 0 saturated carbocycles. The predicted molar refractivity (Wildman–Crippen MR) is 218 cm³/mol. The number of halogens is 4. The van der Waals surface area contributed by atoms with E-state index in [0.29, 0.717) is 46.0 Å². The minimum Gasteiger partial charge on any atom is -0.619 e. The fourth-order valence-corrected chi connectivity index (χ4v) is 8.07. The predicted octanol–water partition coefficient (Wildman–Crippen LogP) is 9.46. The van der Waals surface area contributed by atoms with E-state index in [1.165, 1.54) is 18.2 Å². The van der Waals surface area contributed by atoms with E-state index in [0.717, 1.165) is 49.5 Å². The summed E-state index contributed by atoms with van der Waals surface area (Å²) in [5.41, 5.74) is 3.89. The molecule has 11 nitrogen and oxygen atoms in total. The SMILES string of the molecule is CCCOc1cc([C@H](Cc2c(Cl)c[n+]([O-])cc2Cl)OC(=O)c2ccc(CN(C(=O)O[C@H]3CN4CCC3CC4)c3ccccc3-c3cccnc3)cc2)ccc1OC(F)F. The van der Waals surface area contributed by atoms with Crippen molar-refractivity contribution in [1.82, 2.24) is 9.88 Å². The smallest absolute Gasteiger partial charge is 0.414 e. The number of benzene rings is 3. The van der Waals surface area contributed by atoms with Gasteiger partial charge in [-0.2, -0.15) is 13.5 Å².